The van der Waals surface area contributed by atoms with Crippen molar-refractivity contribution in [3.63, 3.8) is 0 Å². The van der Waals surface area contributed by atoms with Crippen LogP contribution >= 0.6 is 11.3 Å². The molecule has 1 N–H and O–H groups in total. The van der Waals surface area contributed by atoms with E-state index in [0.717, 1.165) is 22.7 Å². The number of ether oxygens (including phenoxy) is 1. The standard InChI is InChI=1S/C17H21N5O3S/c1-11-10-13(20-19-11)16(23)21-4-2-12-14(3-5-21)26-15(18-12)17(24)22-6-8-25-9-7-22/h10H,2-9H2,1H3,(H,19,20). The number of morpholine rings is 1. The molecule has 4 heterocycles. The van der Waals surface area contributed by atoms with Crippen molar-refractivity contribution in [2.24, 2.45) is 0 Å². The number of aromatic amines is 1. The van der Waals surface area contributed by atoms with E-state index >= 15 is 0 Å². The normalized spacial score (nSPS) is 17.7. The summed E-state index contributed by atoms with van der Waals surface area (Å²) in [5.41, 5.74) is 2.26. The minimum Gasteiger partial charge on any atom is -0.378 e. The van der Waals surface area contributed by atoms with Gasteiger partial charge in [0.1, 0.15) is 5.69 Å². The minimum absolute atomic E-state index is 0.00805. The van der Waals surface area contributed by atoms with Crippen molar-refractivity contribution in [3.05, 3.63) is 33.0 Å². The first-order valence-corrected chi connectivity index (χ1v) is 9.60. The number of nitrogens with zero attached hydrogens (tertiary/aromatic N) is 4. The van der Waals surface area contributed by atoms with Gasteiger partial charge in [0.05, 0.1) is 18.9 Å². The molecule has 0 aromatic carbocycles. The third-order valence-corrected chi connectivity index (χ3v) is 5.84. The van der Waals surface area contributed by atoms with Crippen LogP contribution in [0.3, 0.4) is 0 Å². The van der Waals surface area contributed by atoms with Crippen LogP contribution in [-0.2, 0) is 17.6 Å². The number of aryl methyl sites for hydroxylation is 1. The molecular weight excluding hydrogens is 354 g/mol. The van der Waals surface area contributed by atoms with Gasteiger partial charge in [0.25, 0.3) is 11.8 Å². The fourth-order valence-electron chi connectivity index (χ4n) is 3.25. The lowest BCUT2D eigenvalue weighted by Crippen LogP contribution is -2.40. The summed E-state index contributed by atoms with van der Waals surface area (Å²) in [6.45, 7) is 5.49. The number of thiazole rings is 1. The topological polar surface area (TPSA) is 91.4 Å². The minimum atomic E-state index is -0.0610. The first-order chi connectivity index (χ1) is 12.6. The average molecular weight is 375 g/mol. The molecule has 0 spiro atoms. The molecule has 0 bridgehead atoms. The molecule has 4 rings (SSSR count). The van der Waals surface area contributed by atoms with Crippen molar-refractivity contribution in [2.75, 3.05) is 39.4 Å². The van der Waals surface area contributed by atoms with Crippen LogP contribution in [0.5, 0.6) is 0 Å². The quantitative estimate of drug-likeness (QED) is 0.842. The Bertz CT molecular complexity index is 799. The van der Waals surface area contributed by atoms with Crippen LogP contribution in [0.2, 0.25) is 0 Å². The van der Waals surface area contributed by atoms with Crippen LogP contribution in [0.25, 0.3) is 0 Å². The molecule has 2 aromatic rings. The van der Waals surface area contributed by atoms with Gasteiger partial charge in [-0.1, -0.05) is 0 Å². The van der Waals surface area contributed by atoms with Crippen molar-refractivity contribution in [2.45, 2.75) is 19.8 Å². The highest BCUT2D eigenvalue weighted by molar-refractivity contribution is 7.13. The predicted octanol–water partition coefficient (Wildman–Crippen LogP) is 0.888. The van der Waals surface area contributed by atoms with Crippen molar-refractivity contribution < 1.29 is 14.3 Å². The molecule has 0 radical (unpaired) electrons. The molecule has 2 amide bonds. The molecule has 1 saturated heterocycles. The second-order valence-corrected chi connectivity index (χ2v) is 7.61. The lowest BCUT2D eigenvalue weighted by molar-refractivity contribution is 0.0302. The SMILES string of the molecule is Cc1cc(C(=O)N2CCc3nc(C(=O)N4CCOCC4)sc3CC2)n[nH]1. The first kappa shape index (κ1) is 17.2. The van der Waals surface area contributed by atoms with Crippen molar-refractivity contribution in [3.8, 4) is 0 Å². The molecule has 0 saturated carbocycles. The highest BCUT2D eigenvalue weighted by atomic mass is 32.1. The third-order valence-electron chi connectivity index (χ3n) is 4.70. The van der Waals surface area contributed by atoms with E-state index in [1.165, 1.54) is 11.3 Å². The Hall–Kier alpha value is -2.26. The van der Waals surface area contributed by atoms with Crippen LogP contribution < -0.4 is 0 Å². The molecule has 0 unspecified atom stereocenters. The second kappa shape index (κ2) is 7.16. The van der Waals surface area contributed by atoms with E-state index in [4.69, 9.17) is 4.74 Å². The Kier molecular flexibility index (Phi) is 4.73. The highest BCUT2D eigenvalue weighted by Crippen LogP contribution is 2.25. The summed E-state index contributed by atoms with van der Waals surface area (Å²) in [5.74, 6) is -0.0691. The molecule has 8 nitrogen and oxygen atoms in total. The summed E-state index contributed by atoms with van der Waals surface area (Å²) in [5, 5.41) is 7.42. The van der Waals surface area contributed by atoms with Crippen LogP contribution in [0.1, 0.15) is 36.6 Å². The number of hydrogen-bond donors (Lipinski definition) is 1. The van der Waals surface area contributed by atoms with E-state index < -0.39 is 0 Å². The van der Waals surface area contributed by atoms with Crippen LogP contribution in [0, 0.1) is 6.92 Å². The molecule has 0 aliphatic carbocycles. The maximum absolute atomic E-state index is 12.6. The number of amides is 2. The smallest absolute Gasteiger partial charge is 0.283 e. The second-order valence-electron chi connectivity index (χ2n) is 6.52. The summed E-state index contributed by atoms with van der Waals surface area (Å²) in [7, 11) is 0. The van der Waals surface area contributed by atoms with Gasteiger partial charge in [-0.15, -0.1) is 11.3 Å². The highest BCUT2D eigenvalue weighted by Gasteiger charge is 2.27. The largest absolute Gasteiger partial charge is 0.378 e. The zero-order chi connectivity index (χ0) is 18.1. The number of carbonyl (C=O) groups excluding carboxylic acids is 2. The van der Waals surface area contributed by atoms with Gasteiger partial charge < -0.3 is 14.5 Å². The molecular formula is C17H21N5O3S. The Labute approximate surface area is 155 Å². The summed E-state index contributed by atoms with van der Waals surface area (Å²) in [6.07, 6.45) is 1.38. The lowest BCUT2D eigenvalue weighted by atomic mass is 10.2. The zero-order valence-electron chi connectivity index (χ0n) is 14.7. The van der Waals surface area contributed by atoms with Gasteiger partial charge in [-0.25, -0.2) is 4.98 Å². The third kappa shape index (κ3) is 3.36. The van der Waals surface area contributed by atoms with Gasteiger partial charge in [-0.3, -0.25) is 14.7 Å². The summed E-state index contributed by atoms with van der Waals surface area (Å²) >= 11 is 1.46. The molecule has 2 aliphatic rings. The van der Waals surface area contributed by atoms with Crippen LogP contribution in [-0.4, -0.2) is 76.2 Å². The molecule has 138 valence electrons. The van der Waals surface area contributed by atoms with E-state index in [0.29, 0.717) is 56.5 Å². The monoisotopic (exact) mass is 375 g/mol. The van der Waals surface area contributed by atoms with Gasteiger partial charge in [-0.2, -0.15) is 5.10 Å². The van der Waals surface area contributed by atoms with E-state index in [2.05, 4.69) is 15.2 Å². The predicted molar refractivity (Wildman–Crippen MR) is 95.5 cm³/mol. The first-order valence-electron chi connectivity index (χ1n) is 8.78. The molecule has 0 atom stereocenters. The molecule has 2 aromatic heterocycles. The van der Waals surface area contributed by atoms with Gasteiger partial charge in [0, 0.05) is 49.6 Å². The maximum atomic E-state index is 12.6. The van der Waals surface area contributed by atoms with Crippen LogP contribution in [0.4, 0.5) is 0 Å². The number of nitrogens with one attached hydrogen (secondary N) is 1. The fourth-order valence-corrected chi connectivity index (χ4v) is 4.31. The Morgan fingerprint density at radius 1 is 1.12 bits per heavy atom. The van der Waals surface area contributed by atoms with Gasteiger partial charge in [0.15, 0.2) is 5.01 Å². The summed E-state index contributed by atoms with van der Waals surface area (Å²) < 4.78 is 5.30. The van der Waals surface area contributed by atoms with E-state index in [-0.39, 0.29) is 11.8 Å². The van der Waals surface area contributed by atoms with E-state index in [1.807, 2.05) is 11.8 Å². The van der Waals surface area contributed by atoms with Gasteiger partial charge >= 0.3 is 0 Å². The number of H-pyrrole nitrogens is 1. The van der Waals surface area contributed by atoms with E-state index in [1.54, 1.807) is 11.0 Å². The molecule has 1 fully saturated rings. The molecule has 26 heavy (non-hydrogen) atoms. The van der Waals surface area contributed by atoms with Gasteiger partial charge in [0.2, 0.25) is 0 Å². The lowest BCUT2D eigenvalue weighted by Gasteiger charge is -2.25. The number of aromatic nitrogens is 3. The Balaban J connectivity index is 1.44. The van der Waals surface area contributed by atoms with Crippen molar-refractivity contribution in [1.82, 2.24) is 25.0 Å². The number of carbonyl (C=O) groups is 2. The van der Waals surface area contributed by atoms with Gasteiger partial charge in [-0.05, 0) is 13.0 Å². The average Bonchev–Trinajstić information content (AvgIpc) is 3.23. The number of rotatable bonds is 2. The van der Waals surface area contributed by atoms with Crippen LogP contribution in [0.15, 0.2) is 6.07 Å². The zero-order valence-corrected chi connectivity index (χ0v) is 15.5. The Morgan fingerprint density at radius 3 is 2.58 bits per heavy atom. The fraction of sp³-hybridized carbons (Fsp3) is 0.529. The molecule has 9 heteroatoms. The van der Waals surface area contributed by atoms with Crippen molar-refractivity contribution in [1.29, 1.82) is 0 Å². The molecule has 2 aliphatic heterocycles. The maximum Gasteiger partial charge on any atom is 0.283 e. The summed E-state index contributed by atoms with van der Waals surface area (Å²) in [4.78, 5) is 34.5. The number of hydrogen-bond acceptors (Lipinski definition) is 6. The number of fused-ring (bicyclic) bond motifs is 1. The van der Waals surface area contributed by atoms with Crippen molar-refractivity contribution >= 4 is 23.2 Å². The Morgan fingerprint density at radius 2 is 1.85 bits per heavy atom. The summed E-state index contributed by atoms with van der Waals surface area (Å²) in [6, 6.07) is 1.76. The van der Waals surface area contributed by atoms with E-state index in [9.17, 15) is 9.59 Å².